The summed E-state index contributed by atoms with van der Waals surface area (Å²) >= 11 is 7.22. The average molecular weight is 293 g/mol. The Bertz CT molecular complexity index is 726. The molecule has 0 radical (unpaired) electrons. The lowest BCUT2D eigenvalue weighted by molar-refractivity contribution is 0.642. The first-order chi connectivity index (χ1) is 9.19. The second kappa shape index (κ2) is 4.76. The van der Waals surface area contributed by atoms with E-state index in [4.69, 9.17) is 16.9 Å². The molecule has 1 aliphatic carbocycles. The van der Waals surface area contributed by atoms with Crippen LogP contribution in [0.5, 0.6) is 0 Å². The Hall–Kier alpha value is -1.71. The summed E-state index contributed by atoms with van der Waals surface area (Å²) in [5.41, 5.74) is 0.317. The lowest BCUT2D eigenvalue weighted by Crippen LogP contribution is -2.16. The van der Waals surface area contributed by atoms with Gasteiger partial charge >= 0.3 is 5.69 Å². The van der Waals surface area contributed by atoms with Gasteiger partial charge in [0.2, 0.25) is 0 Å². The maximum absolute atomic E-state index is 11.7. The van der Waals surface area contributed by atoms with E-state index in [1.807, 2.05) is 0 Å². The molecule has 0 bridgehead atoms. The van der Waals surface area contributed by atoms with Crippen molar-refractivity contribution in [2.45, 2.75) is 28.9 Å². The van der Waals surface area contributed by atoms with Crippen LogP contribution in [0, 0.1) is 11.3 Å². The highest BCUT2D eigenvalue weighted by Gasteiger charge is 2.29. The molecule has 0 amide bonds. The molecule has 5 nitrogen and oxygen atoms in total. The van der Waals surface area contributed by atoms with E-state index in [0.29, 0.717) is 20.6 Å². The Labute approximate surface area is 118 Å². The van der Waals surface area contributed by atoms with Gasteiger partial charge in [0.25, 0.3) is 0 Å². The molecule has 1 heterocycles. The predicted octanol–water partition coefficient (Wildman–Crippen LogP) is 2.58. The summed E-state index contributed by atoms with van der Waals surface area (Å²) in [4.78, 5) is 12.4. The number of benzene rings is 1. The summed E-state index contributed by atoms with van der Waals surface area (Å²) in [5, 5.41) is 16.7. The highest BCUT2D eigenvalue weighted by Crippen LogP contribution is 2.38. The standard InChI is InChI=1S/C12H9ClN4OS/c13-8-2-1-7(6-14)10(5-8)19-12-16-15-11(18)17(12)9-3-4-9/h1-2,5,9H,3-4H2,(H,15,18). The quantitative estimate of drug-likeness (QED) is 0.943. The fraction of sp³-hybridized carbons (Fsp3) is 0.250. The number of H-pyrrole nitrogens is 1. The average Bonchev–Trinajstić information content (AvgIpc) is 3.15. The van der Waals surface area contributed by atoms with E-state index in [9.17, 15) is 4.79 Å². The van der Waals surface area contributed by atoms with Crippen LogP contribution in [0.2, 0.25) is 5.02 Å². The molecule has 1 N–H and O–H groups in total. The van der Waals surface area contributed by atoms with Crippen molar-refractivity contribution in [2.24, 2.45) is 0 Å². The van der Waals surface area contributed by atoms with Crippen molar-refractivity contribution < 1.29 is 0 Å². The molecule has 19 heavy (non-hydrogen) atoms. The first kappa shape index (κ1) is 12.3. The highest BCUT2D eigenvalue weighted by molar-refractivity contribution is 7.99. The third kappa shape index (κ3) is 2.39. The zero-order valence-electron chi connectivity index (χ0n) is 9.76. The smallest absolute Gasteiger partial charge is 0.267 e. The number of nitrogens with zero attached hydrogens (tertiary/aromatic N) is 3. The van der Waals surface area contributed by atoms with Crippen molar-refractivity contribution >= 4 is 23.4 Å². The highest BCUT2D eigenvalue weighted by atomic mass is 35.5. The minimum absolute atomic E-state index is 0.203. The summed E-state index contributed by atoms with van der Waals surface area (Å²) in [6.45, 7) is 0. The minimum atomic E-state index is -0.203. The molecule has 1 aliphatic rings. The van der Waals surface area contributed by atoms with Gasteiger partial charge in [-0.3, -0.25) is 4.57 Å². The molecular weight excluding hydrogens is 284 g/mol. The third-order valence-corrected chi connectivity index (χ3v) is 4.11. The van der Waals surface area contributed by atoms with E-state index >= 15 is 0 Å². The van der Waals surface area contributed by atoms with E-state index < -0.39 is 0 Å². The fourth-order valence-corrected chi connectivity index (χ4v) is 3.05. The first-order valence-electron chi connectivity index (χ1n) is 5.73. The lowest BCUT2D eigenvalue weighted by Gasteiger charge is -2.05. The molecule has 1 aromatic carbocycles. The van der Waals surface area contributed by atoms with Gasteiger partial charge in [0.05, 0.1) is 5.56 Å². The fourth-order valence-electron chi connectivity index (χ4n) is 1.79. The van der Waals surface area contributed by atoms with Crippen molar-refractivity contribution in [2.75, 3.05) is 0 Å². The van der Waals surface area contributed by atoms with Crippen molar-refractivity contribution in [1.29, 1.82) is 5.26 Å². The van der Waals surface area contributed by atoms with E-state index in [0.717, 1.165) is 12.8 Å². The van der Waals surface area contributed by atoms with Gasteiger partial charge in [-0.25, -0.2) is 9.89 Å². The van der Waals surface area contributed by atoms with Gasteiger partial charge in [0.1, 0.15) is 6.07 Å². The Balaban J connectivity index is 2.00. The van der Waals surface area contributed by atoms with Crippen LogP contribution in [-0.4, -0.2) is 14.8 Å². The Morgan fingerprint density at radius 3 is 3.00 bits per heavy atom. The molecule has 0 saturated heterocycles. The van der Waals surface area contributed by atoms with Crippen LogP contribution >= 0.6 is 23.4 Å². The van der Waals surface area contributed by atoms with Gasteiger partial charge < -0.3 is 0 Å². The van der Waals surface area contributed by atoms with Gasteiger partial charge in [-0.1, -0.05) is 11.6 Å². The molecule has 0 aliphatic heterocycles. The van der Waals surface area contributed by atoms with Gasteiger partial charge in [0, 0.05) is 16.0 Å². The normalized spacial score (nSPS) is 14.3. The molecule has 2 aromatic rings. The molecule has 1 aromatic heterocycles. The van der Waals surface area contributed by atoms with Crippen LogP contribution in [0.25, 0.3) is 0 Å². The summed E-state index contributed by atoms with van der Waals surface area (Å²) in [7, 11) is 0. The number of hydrogen-bond acceptors (Lipinski definition) is 4. The number of rotatable bonds is 3. The number of aromatic nitrogens is 3. The van der Waals surface area contributed by atoms with E-state index in [2.05, 4.69) is 16.3 Å². The van der Waals surface area contributed by atoms with Gasteiger partial charge in [0.15, 0.2) is 5.16 Å². The Kier molecular flexibility index (Phi) is 3.09. The topological polar surface area (TPSA) is 74.5 Å². The number of aromatic amines is 1. The molecular formula is C12H9ClN4OS. The molecule has 7 heteroatoms. The first-order valence-corrected chi connectivity index (χ1v) is 6.93. The molecule has 0 atom stereocenters. The minimum Gasteiger partial charge on any atom is -0.267 e. The number of nitrogens with one attached hydrogen (secondary N) is 1. The molecule has 0 unspecified atom stereocenters. The molecule has 1 saturated carbocycles. The molecule has 1 fully saturated rings. The van der Waals surface area contributed by atoms with Gasteiger partial charge in [-0.2, -0.15) is 5.26 Å². The Morgan fingerprint density at radius 1 is 1.53 bits per heavy atom. The van der Waals surface area contributed by atoms with Crippen molar-refractivity contribution in [3.8, 4) is 6.07 Å². The maximum Gasteiger partial charge on any atom is 0.344 e. The van der Waals surface area contributed by atoms with Crippen molar-refractivity contribution in [3.63, 3.8) is 0 Å². The Morgan fingerprint density at radius 2 is 2.32 bits per heavy atom. The second-order valence-corrected chi connectivity index (χ2v) is 5.71. The maximum atomic E-state index is 11.7. The molecule has 3 rings (SSSR count). The second-order valence-electron chi connectivity index (χ2n) is 4.27. The predicted molar refractivity (Wildman–Crippen MR) is 71.4 cm³/mol. The number of hydrogen-bond donors (Lipinski definition) is 1. The summed E-state index contributed by atoms with van der Waals surface area (Å²) in [6.07, 6.45) is 1.99. The van der Waals surface area contributed by atoms with Crippen LogP contribution < -0.4 is 5.69 Å². The SMILES string of the molecule is N#Cc1ccc(Cl)cc1Sc1n[nH]c(=O)n1C1CC1. The largest absolute Gasteiger partial charge is 0.344 e. The third-order valence-electron chi connectivity index (χ3n) is 2.85. The molecule has 96 valence electrons. The summed E-state index contributed by atoms with van der Waals surface area (Å²) in [5.74, 6) is 0. The monoisotopic (exact) mass is 292 g/mol. The number of nitriles is 1. The lowest BCUT2D eigenvalue weighted by atomic mass is 10.2. The van der Waals surface area contributed by atoms with Crippen LogP contribution in [0.1, 0.15) is 24.4 Å². The van der Waals surface area contributed by atoms with Crippen molar-refractivity contribution in [3.05, 3.63) is 39.3 Å². The zero-order valence-corrected chi connectivity index (χ0v) is 11.3. The molecule has 0 spiro atoms. The summed E-state index contributed by atoms with van der Waals surface area (Å²) < 4.78 is 1.65. The van der Waals surface area contributed by atoms with Gasteiger partial charge in [-0.15, -0.1) is 5.10 Å². The van der Waals surface area contributed by atoms with Crippen LogP contribution in [0.4, 0.5) is 0 Å². The zero-order chi connectivity index (χ0) is 13.4. The van der Waals surface area contributed by atoms with Crippen LogP contribution in [0.15, 0.2) is 33.0 Å². The van der Waals surface area contributed by atoms with E-state index in [1.54, 1.807) is 22.8 Å². The van der Waals surface area contributed by atoms with Gasteiger partial charge in [-0.05, 0) is 42.8 Å². The number of halogens is 1. The van der Waals surface area contributed by atoms with Crippen molar-refractivity contribution in [1.82, 2.24) is 14.8 Å². The van der Waals surface area contributed by atoms with Crippen LogP contribution in [0.3, 0.4) is 0 Å². The van der Waals surface area contributed by atoms with E-state index in [-0.39, 0.29) is 11.7 Å². The van der Waals surface area contributed by atoms with E-state index in [1.165, 1.54) is 11.8 Å². The summed E-state index contributed by atoms with van der Waals surface area (Å²) in [6, 6.07) is 7.39. The van der Waals surface area contributed by atoms with Crippen LogP contribution in [-0.2, 0) is 0 Å².